The zero-order chi connectivity index (χ0) is 19.5. The summed E-state index contributed by atoms with van der Waals surface area (Å²) in [6.07, 6.45) is 7.31. The van der Waals surface area contributed by atoms with Gasteiger partial charge in [-0.05, 0) is 30.4 Å². The van der Waals surface area contributed by atoms with Crippen molar-refractivity contribution >= 4 is 11.6 Å². The smallest absolute Gasteiger partial charge is 0.209 e. The number of benzene rings is 1. The van der Waals surface area contributed by atoms with Crippen molar-refractivity contribution in [2.45, 2.75) is 0 Å². The highest BCUT2D eigenvalue weighted by atomic mass is 16.3. The van der Waals surface area contributed by atoms with Gasteiger partial charge in [0, 0.05) is 42.8 Å². The number of allylic oxidation sites excluding steroid dienone is 2. The van der Waals surface area contributed by atoms with Crippen molar-refractivity contribution < 1.29 is 10.2 Å². The Morgan fingerprint density at radius 3 is 2.75 bits per heavy atom. The van der Waals surface area contributed by atoms with E-state index < -0.39 is 0 Å². The van der Waals surface area contributed by atoms with Crippen molar-refractivity contribution in [3.8, 4) is 22.8 Å². The van der Waals surface area contributed by atoms with Gasteiger partial charge in [0.1, 0.15) is 5.65 Å². The van der Waals surface area contributed by atoms with Gasteiger partial charge in [0.05, 0.1) is 18.1 Å². The number of anilines is 1. The molecule has 0 saturated carbocycles. The summed E-state index contributed by atoms with van der Waals surface area (Å²) in [4.78, 5) is 8.98. The van der Waals surface area contributed by atoms with Crippen molar-refractivity contribution in [3.05, 3.63) is 60.3 Å². The van der Waals surface area contributed by atoms with Gasteiger partial charge in [0.15, 0.2) is 11.5 Å². The lowest BCUT2D eigenvalue weighted by atomic mass is 10.1. The molecule has 1 aliphatic heterocycles. The Morgan fingerprint density at radius 1 is 1.11 bits per heavy atom. The number of nitrogens with two attached hydrogens (primary N) is 1. The maximum atomic E-state index is 9.77. The number of aromatic hydroxyl groups is 2. The third-order valence-corrected chi connectivity index (χ3v) is 4.33. The first-order valence-corrected chi connectivity index (χ1v) is 8.84. The summed E-state index contributed by atoms with van der Waals surface area (Å²) in [7, 11) is 0. The lowest BCUT2D eigenvalue weighted by Gasteiger charge is -2.17. The van der Waals surface area contributed by atoms with Crippen LogP contribution in [0.3, 0.4) is 0 Å². The highest BCUT2D eigenvalue weighted by molar-refractivity contribution is 5.68. The van der Waals surface area contributed by atoms with Crippen LogP contribution in [0, 0.1) is 0 Å². The van der Waals surface area contributed by atoms with E-state index in [-0.39, 0.29) is 11.5 Å². The van der Waals surface area contributed by atoms with Crippen molar-refractivity contribution in [3.63, 3.8) is 0 Å². The number of hydrogen-bond donors (Lipinski definition) is 6. The molecular formula is C19H21N7O2. The predicted molar refractivity (Wildman–Crippen MR) is 107 cm³/mol. The van der Waals surface area contributed by atoms with Crippen LogP contribution in [-0.4, -0.2) is 44.2 Å². The summed E-state index contributed by atoms with van der Waals surface area (Å²) in [5.74, 6) is 1.20. The standard InChI is InChI=1S/C19H21N7O2/c20-13-2-4-17(24-11-13)21-5-6-23-19-25-14(10-18-22-7-8-26(18)19)12-1-3-15(27)16(28)9-12/h1-4,7-10,21,24,27-28H,5-6,11,20H2,(H,23,25). The van der Waals surface area contributed by atoms with E-state index in [1.54, 1.807) is 12.3 Å². The number of nitrogens with one attached hydrogen (secondary N) is 3. The zero-order valence-corrected chi connectivity index (χ0v) is 15.1. The fourth-order valence-electron chi connectivity index (χ4n) is 2.88. The molecule has 28 heavy (non-hydrogen) atoms. The fourth-order valence-corrected chi connectivity index (χ4v) is 2.88. The van der Waals surface area contributed by atoms with Crippen molar-refractivity contribution in [1.29, 1.82) is 0 Å². The van der Waals surface area contributed by atoms with Crippen molar-refractivity contribution in [2.75, 3.05) is 25.0 Å². The third-order valence-electron chi connectivity index (χ3n) is 4.33. The van der Waals surface area contributed by atoms with Crippen LogP contribution in [0.5, 0.6) is 11.5 Å². The van der Waals surface area contributed by atoms with Crippen LogP contribution in [0.2, 0.25) is 0 Å². The van der Waals surface area contributed by atoms with Gasteiger partial charge in [-0.2, -0.15) is 0 Å². The summed E-state index contributed by atoms with van der Waals surface area (Å²) >= 11 is 0. The molecule has 0 unspecified atom stereocenters. The Kier molecular flexibility index (Phi) is 4.63. The van der Waals surface area contributed by atoms with Crippen LogP contribution >= 0.6 is 0 Å². The number of fused-ring (bicyclic) bond motifs is 1. The Balaban J connectivity index is 1.50. The van der Waals surface area contributed by atoms with Gasteiger partial charge < -0.3 is 31.9 Å². The van der Waals surface area contributed by atoms with Crippen LogP contribution < -0.4 is 21.7 Å². The van der Waals surface area contributed by atoms with E-state index >= 15 is 0 Å². The lowest BCUT2D eigenvalue weighted by molar-refractivity contribution is 0.404. The molecule has 3 heterocycles. The number of phenolic OH excluding ortho intramolecular Hbond substituents is 2. The third kappa shape index (κ3) is 3.63. The molecule has 0 bridgehead atoms. The Labute approximate surface area is 161 Å². The molecule has 0 radical (unpaired) electrons. The second-order valence-electron chi connectivity index (χ2n) is 6.35. The van der Waals surface area contributed by atoms with Gasteiger partial charge in [-0.15, -0.1) is 0 Å². The molecule has 9 nitrogen and oxygen atoms in total. The highest BCUT2D eigenvalue weighted by Gasteiger charge is 2.10. The molecule has 3 aromatic rings. The quantitative estimate of drug-likeness (QED) is 0.277. The predicted octanol–water partition coefficient (Wildman–Crippen LogP) is 1.10. The number of dihydropyridines is 1. The average molecular weight is 379 g/mol. The first kappa shape index (κ1) is 17.5. The minimum Gasteiger partial charge on any atom is -0.504 e. The van der Waals surface area contributed by atoms with Crippen LogP contribution in [0.15, 0.2) is 60.3 Å². The summed E-state index contributed by atoms with van der Waals surface area (Å²) in [5, 5.41) is 29.1. The second kappa shape index (κ2) is 7.39. The number of imidazole rings is 1. The number of nitrogens with zero attached hydrogens (tertiary/aromatic N) is 3. The van der Waals surface area contributed by atoms with Gasteiger partial charge in [-0.3, -0.25) is 4.40 Å². The van der Waals surface area contributed by atoms with E-state index in [0.29, 0.717) is 36.8 Å². The molecule has 0 amide bonds. The minimum atomic E-state index is -0.191. The van der Waals surface area contributed by atoms with Gasteiger partial charge in [0.2, 0.25) is 5.95 Å². The number of hydrogen-bond acceptors (Lipinski definition) is 8. The molecule has 9 heteroatoms. The van der Waals surface area contributed by atoms with Gasteiger partial charge >= 0.3 is 0 Å². The number of phenols is 2. The molecule has 0 saturated heterocycles. The molecule has 0 fully saturated rings. The average Bonchev–Trinajstić information content (AvgIpc) is 3.17. The van der Waals surface area contributed by atoms with Crippen LogP contribution in [0.4, 0.5) is 5.95 Å². The normalized spacial score (nSPS) is 13.6. The van der Waals surface area contributed by atoms with E-state index in [1.165, 1.54) is 12.1 Å². The van der Waals surface area contributed by atoms with Crippen molar-refractivity contribution in [1.82, 2.24) is 25.0 Å². The summed E-state index contributed by atoms with van der Waals surface area (Å²) in [5.41, 5.74) is 8.57. The molecule has 0 spiro atoms. The SMILES string of the molecule is NC1=CC=C(NCCNc2nc(-c3ccc(O)c(O)c3)cc3nccn23)NC1. The van der Waals surface area contributed by atoms with Gasteiger partial charge in [0.25, 0.3) is 0 Å². The fraction of sp³-hybridized carbons (Fsp3) is 0.158. The number of rotatable bonds is 6. The van der Waals surface area contributed by atoms with E-state index in [0.717, 1.165) is 17.2 Å². The molecule has 4 rings (SSSR count). The monoisotopic (exact) mass is 379 g/mol. The van der Waals surface area contributed by atoms with E-state index in [9.17, 15) is 10.2 Å². The Bertz CT molecular complexity index is 1070. The summed E-state index contributed by atoms with van der Waals surface area (Å²) in [6, 6.07) is 6.43. The molecule has 144 valence electrons. The Morgan fingerprint density at radius 2 is 1.96 bits per heavy atom. The summed E-state index contributed by atoms with van der Waals surface area (Å²) in [6.45, 7) is 1.93. The summed E-state index contributed by atoms with van der Waals surface area (Å²) < 4.78 is 1.85. The maximum absolute atomic E-state index is 9.77. The molecule has 7 N–H and O–H groups in total. The molecule has 2 aromatic heterocycles. The van der Waals surface area contributed by atoms with Crippen LogP contribution in [0.1, 0.15) is 0 Å². The Hall–Kier alpha value is -3.88. The molecule has 0 aliphatic carbocycles. The first-order valence-electron chi connectivity index (χ1n) is 8.84. The van der Waals surface area contributed by atoms with Gasteiger partial charge in [-0.1, -0.05) is 0 Å². The second-order valence-corrected chi connectivity index (χ2v) is 6.35. The van der Waals surface area contributed by atoms with Crippen LogP contribution in [0.25, 0.3) is 16.9 Å². The van der Waals surface area contributed by atoms with Gasteiger partial charge in [-0.25, -0.2) is 9.97 Å². The minimum absolute atomic E-state index is 0.169. The molecule has 0 atom stereocenters. The highest BCUT2D eigenvalue weighted by Crippen LogP contribution is 2.30. The largest absolute Gasteiger partial charge is 0.504 e. The molecular weight excluding hydrogens is 358 g/mol. The van der Waals surface area contributed by atoms with E-state index in [1.807, 2.05) is 28.8 Å². The molecule has 1 aromatic carbocycles. The topological polar surface area (TPSA) is 133 Å². The first-order chi connectivity index (χ1) is 13.6. The number of aromatic nitrogens is 3. The maximum Gasteiger partial charge on any atom is 0.209 e. The van der Waals surface area contributed by atoms with Crippen molar-refractivity contribution in [2.24, 2.45) is 5.73 Å². The van der Waals surface area contributed by atoms with E-state index in [2.05, 4.69) is 25.9 Å². The van der Waals surface area contributed by atoms with Crippen LogP contribution in [-0.2, 0) is 0 Å². The molecule has 1 aliphatic rings. The lowest BCUT2D eigenvalue weighted by Crippen LogP contribution is -2.34. The van der Waals surface area contributed by atoms with E-state index in [4.69, 9.17) is 5.73 Å². The zero-order valence-electron chi connectivity index (χ0n) is 15.1.